The molecule has 2 aromatic carbocycles. The lowest BCUT2D eigenvalue weighted by molar-refractivity contribution is -0.151. The van der Waals surface area contributed by atoms with Gasteiger partial charge in [0, 0.05) is 29.1 Å². The summed E-state index contributed by atoms with van der Waals surface area (Å²) < 4.78 is 47.3. The van der Waals surface area contributed by atoms with Gasteiger partial charge in [-0.25, -0.2) is 17.9 Å². The number of esters is 1. The van der Waals surface area contributed by atoms with Crippen LogP contribution in [0.3, 0.4) is 0 Å². The van der Waals surface area contributed by atoms with Crippen LogP contribution in [0.1, 0.15) is 74.9 Å². The van der Waals surface area contributed by atoms with Gasteiger partial charge in [-0.2, -0.15) is 0 Å². The number of anilines is 1. The maximum atomic E-state index is 13.5. The summed E-state index contributed by atoms with van der Waals surface area (Å²) in [6, 6.07) is 11.4. The van der Waals surface area contributed by atoms with Crippen LogP contribution in [-0.4, -0.2) is 64.6 Å². The van der Waals surface area contributed by atoms with E-state index >= 15 is 0 Å². The molecule has 4 aliphatic rings. The molecule has 2 heterocycles. The first-order valence-corrected chi connectivity index (χ1v) is 19.2. The summed E-state index contributed by atoms with van der Waals surface area (Å²) in [5.74, 6) is -0.457. The van der Waals surface area contributed by atoms with Crippen molar-refractivity contribution >= 4 is 39.2 Å². The van der Waals surface area contributed by atoms with E-state index < -0.39 is 27.1 Å². The Morgan fingerprint density at radius 3 is 2.69 bits per heavy atom. The molecule has 1 N–H and O–H groups in total. The van der Waals surface area contributed by atoms with Crippen LogP contribution in [0.4, 0.5) is 5.69 Å². The Balaban J connectivity index is 1.41. The van der Waals surface area contributed by atoms with E-state index in [0.29, 0.717) is 25.4 Å². The molecule has 11 heteroatoms. The zero-order chi connectivity index (χ0) is 34.2. The maximum Gasteiger partial charge on any atom is 0.332 e. The molecule has 2 aromatic rings. The number of hydrogen-bond acceptors (Lipinski definition) is 8. The Morgan fingerprint density at radius 2 is 1.94 bits per heavy atom. The van der Waals surface area contributed by atoms with Gasteiger partial charge < -0.3 is 19.1 Å². The number of benzene rings is 2. The molecule has 0 saturated heterocycles. The number of sulfonamides is 1. The smallest absolute Gasteiger partial charge is 0.332 e. The molecule has 1 fully saturated rings. The first kappa shape index (κ1) is 34.8. The third-order valence-electron chi connectivity index (χ3n) is 11.3. The first-order chi connectivity index (χ1) is 22.9. The lowest BCUT2D eigenvalue weighted by Gasteiger charge is -2.46. The second-order valence-corrected chi connectivity index (χ2v) is 16.6. The third-order valence-corrected chi connectivity index (χ3v) is 13.4. The van der Waals surface area contributed by atoms with Gasteiger partial charge in [0.1, 0.15) is 12.4 Å². The summed E-state index contributed by atoms with van der Waals surface area (Å²) in [6.07, 6.45) is 8.47. The van der Waals surface area contributed by atoms with Gasteiger partial charge in [0.05, 0.1) is 30.3 Å². The quantitative estimate of drug-likeness (QED) is 0.302. The molecule has 48 heavy (non-hydrogen) atoms. The van der Waals surface area contributed by atoms with E-state index in [1.807, 2.05) is 32.1 Å². The van der Waals surface area contributed by atoms with Crippen molar-refractivity contribution in [3.8, 4) is 5.75 Å². The maximum absolute atomic E-state index is 13.5. The summed E-state index contributed by atoms with van der Waals surface area (Å²) in [7, 11) is -4.00. The molecule has 0 unspecified atom stereocenters. The predicted octanol–water partition coefficient (Wildman–Crippen LogP) is 6.08. The average molecular weight is 699 g/mol. The van der Waals surface area contributed by atoms with Gasteiger partial charge in [-0.1, -0.05) is 43.7 Å². The van der Waals surface area contributed by atoms with E-state index in [-0.39, 0.29) is 54.0 Å². The van der Waals surface area contributed by atoms with Crippen molar-refractivity contribution in [2.75, 3.05) is 37.8 Å². The van der Waals surface area contributed by atoms with E-state index in [0.717, 1.165) is 42.8 Å². The van der Waals surface area contributed by atoms with Crippen LogP contribution in [0.15, 0.2) is 48.6 Å². The monoisotopic (exact) mass is 698 g/mol. The Labute approximate surface area is 289 Å². The normalized spacial score (nSPS) is 32.0. The molecule has 0 aromatic heterocycles. The van der Waals surface area contributed by atoms with Crippen LogP contribution in [0.2, 0.25) is 5.02 Å². The van der Waals surface area contributed by atoms with E-state index in [2.05, 4.69) is 21.8 Å². The van der Waals surface area contributed by atoms with Crippen LogP contribution < -0.4 is 14.4 Å². The first-order valence-electron chi connectivity index (χ1n) is 17.2. The van der Waals surface area contributed by atoms with E-state index in [1.165, 1.54) is 11.1 Å². The van der Waals surface area contributed by atoms with Crippen molar-refractivity contribution in [1.82, 2.24) is 4.72 Å². The van der Waals surface area contributed by atoms with Gasteiger partial charge in [-0.3, -0.25) is 4.79 Å². The van der Waals surface area contributed by atoms with Gasteiger partial charge >= 0.3 is 5.97 Å². The minimum absolute atomic E-state index is 0.139. The molecular weight excluding hydrogens is 652 g/mol. The summed E-state index contributed by atoms with van der Waals surface area (Å²) in [5.41, 5.74) is 3.20. The van der Waals surface area contributed by atoms with Gasteiger partial charge in [0.15, 0.2) is 0 Å². The molecule has 1 amide bonds. The Morgan fingerprint density at radius 1 is 1.12 bits per heavy atom. The summed E-state index contributed by atoms with van der Waals surface area (Å²) in [4.78, 5) is 28.2. The SMILES string of the molecule is CCOC(=O)CO[C@H]1/C=C/[C@H](C)[C@H](C)[C@@H](C)S(=O)(=O)NC(=O)c2ccc3c(c2)N(C[C@@H]2CC[C@H]21)C[C@@]1(CCCc2cc(Cl)ccc21)CO3. The van der Waals surface area contributed by atoms with Crippen molar-refractivity contribution in [2.24, 2.45) is 23.7 Å². The highest BCUT2D eigenvalue weighted by atomic mass is 35.5. The number of carbonyl (C=O) groups is 2. The molecule has 6 rings (SSSR count). The summed E-state index contributed by atoms with van der Waals surface area (Å²) in [5, 5.41) is -0.124. The molecular formula is C37H47ClN2O7S. The molecule has 1 saturated carbocycles. The third kappa shape index (κ3) is 6.98. The highest BCUT2D eigenvalue weighted by molar-refractivity contribution is 7.90. The Kier molecular flexibility index (Phi) is 10.2. The number of rotatable bonds is 4. The lowest BCUT2D eigenvalue weighted by atomic mass is 9.68. The second kappa shape index (κ2) is 14.0. The fraction of sp³-hybridized carbons (Fsp3) is 0.568. The number of amides is 1. The Hall–Kier alpha value is -3.08. The highest BCUT2D eigenvalue weighted by Crippen LogP contribution is 2.47. The minimum Gasteiger partial charge on any atom is -0.490 e. The molecule has 0 radical (unpaired) electrons. The highest BCUT2D eigenvalue weighted by Gasteiger charge is 2.45. The predicted molar refractivity (Wildman–Crippen MR) is 186 cm³/mol. The molecule has 1 spiro atoms. The standard InChI is InChI=1S/C37H47ClN2O7S/c1-5-45-35(41)20-46-33-14-8-23(2)24(3)25(4)48(43,44)39-36(42)27-10-15-34-32(18-27)40(19-28-9-12-30(28)33)21-37(22-47-34)16-6-7-26-17-29(38)11-13-31(26)37/h8,10-11,13-15,17-18,23-25,28,30,33H,5-7,9,12,16,19-22H2,1-4H3,(H,39,42)/b14-8+/t23-,24-,25+,28-,30+,33-,37-/m0/s1. The molecule has 7 atom stereocenters. The number of nitrogens with zero attached hydrogens (tertiary/aromatic N) is 1. The topological polar surface area (TPSA) is 111 Å². The van der Waals surface area contributed by atoms with Crippen LogP contribution in [-0.2, 0) is 36.1 Å². The fourth-order valence-corrected chi connectivity index (χ4v) is 9.50. The summed E-state index contributed by atoms with van der Waals surface area (Å²) in [6.45, 7) is 9.19. The Bertz CT molecular complexity index is 1680. The zero-order valence-corrected chi connectivity index (χ0v) is 29.8. The number of ether oxygens (including phenoxy) is 3. The minimum atomic E-state index is -4.00. The van der Waals surface area contributed by atoms with Crippen LogP contribution in [0.5, 0.6) is 5.75 Å². The van der Waals surface area contributed by atoms with E-state index in [9.17, 15) is 18.0 Å². The number of hydrogen-bond donors (Lipinski definition) is 1. The van der Waals surface area contributed by atoms with Crippen molar-refractivity contribution in [1.29, 1.82) is 0 Å². The fourth-order valence-electron chi connectivity index (χ4n) is 7.93. The molecule has 2 aliphatic carbocycles. The number of allylic oxidation sites excluding steroid dienone is 1. The van der Waals surface area contributed by atoms with Gasteiger partial charge in [0.25, 0.3) is 5.91 Å². The molecule has 9 nitrogen and oxygen atoms in total. The number of fused-ring (bicyclic) bond motifs is 4. The summed E-state index contributed by atoms with van der Waals surface area (Å²) >= 11 is 6.43. The van der Waals surface area contributed by atoms with Crippen molar-refractivity contribution in [3.63, 3.8) is 0 Å². The molecule has 2 aliphatic heterocycles. The van der Waals surface area contributed by atoms with Gasteiger partial charge in [-0.05, 0) is 111 Å². The van der Waals surface area contributed by atoms with Gasteiger partial charge in [0.2, 0.25) is 10.0 Å². The van der Waals surface area contributed by atoms with Crippen LogP contribution in [0.25, 0.3) is 0 Å². The van der Waals surface area contributed by atoms with Gasteiger partial charge in [-0.15, -0.1) is 0 Å². The number of aryl methyl sites for hydroxylation is 1. The zero-order valence-electron chi connectivity index (χ0n) is 28.2. The number of carbonyl (C=O) groups excluding carboxylic acids is 2. The van der Waals surface area contributed by atoms with Crippen LogP contribution >= 0.6 is 11.6 Å². The molecule has 2 bridgehead atoms. The number of nitrogens with one attached hydrogen (secondary N) is 1. The second-order valence-electron chi connectivity index (χ2n) is 14.2. The number of halogens is 1. The largest absolute Gasteiger partial charge is 0.490 e. The van der Waals surface area contributed by atoms with Crippen LogP contribution in [0, 0.1) is 23.7 Å². The van der Waals surface area contributed by atoms with Crippen molar-refractivity contribution < 1.29 is 32.2 Å². The van der Waals surface area contributed by atoms with Crippen molar-refractivity contribution in [3.05, 3.63) is 70.3 Å². The molecule has 260 valence electrons. The average Bonchev–Trinajstić information content (AvgIpc) is 3.19. The van der Waals surface area contributed by atoms with E-state index in [4.69, 9.17) is 25.8 Å². The van der Waals surface area contributed by atoms with E-state index in [1.54, 1.807) is 32.0 Å². The van der Waals surface area contributed by atoms with Crippen molar-refractivity contribution in [2.45, 2.75) is 76.6 Å². The lowest BCUT2D eigenvalue weighted by Crippen LogP contribution is -2.50.